The van der Waals surface area contributed by atoms with Crippen LogP contribution in [0.1, 0.15) is 5.56 Å². The fourth-order valence-corrected chi connectivity index (χ4v) is 2.66. The van der Waals surface area contributed by atoms with Crippen LogP contribution in [-0.4, -0.2) is 15.5 Å². The molecule has 0 aliphatic carbocycles. The van der Waals surface area contributed by atoms with E-state index in [2.05, 4.69) is 0 Å². The van der Waals surface area contributed by atoms with Crippen molar-refractivity contribution in [2.75, 3.05) is 11.9 Å². The summed E-state index contributed by atoms with van der Waals surface area (Å²) >= 11 is 0. The molecule has 0 aliphatic rings. The Hall–Kier alpha value is -1.52. The Morgan fingerprint density at radius 1 is 1.05 bits per heavy atom. The molecule has 3 nitrogen and oxygen atoms in total. The maximum atomic E-state index is 11.3. The molecule has 0 spiro atoms. The Morgan fingerprint density at radius 2 is 1.74 bits per heavy atom. The Bertz CT molecular complexity index is 656. The summed E-state index contributed by atoms with van der Waals surface area (Å²) < 4.78 is 22.6. The van der Waals surface area contributed by atoms with Crippen molar-refractivity contribution in [1.29, 1.82) is 0 Å². The molecule has 0 amide bonds. The van der Waals surface area contributed by atoms with Gasteiger partial charge in [0.15, 0.2) is 0 Å². The summed E-state index contributed by atoms with van der Waals surface area (Å²) in [4.78, 5) is 2.17. The number of anilines is 1. The highest BCUT2D eigenvalue weighted by Crippen LogP contribution is 2.19. The van der Waals surface area contributed by atoms with Crippen LogP contribution in [0.2, 0.25) is 0 Å². The molecule has 100 valence electrons. The second-order valence-electron chi connectivity index (χ2n) is 4.28. The lowest BCUT2D eigenvalue weighted by molar-refractivity contribution is 0.609. The molecule has 0 N–H and O–H groups in total. The van der Waals surface area contributed by atoms with Crippen molar-refractivity contribution >= 4 is 25.4 Å². The number of benzene rings is 2. The normalized spacial score (nSPS) is 11.3. The summed E-state index contributed by atoms with van der Waals surface area (Å²) in [5.41, 5.74) is 1.97. The van der Waals surface area contributed by atoms with E-state index < -0.39 is 9.05 Å². The zero-order valence-corrected chi connectivity index (χ0v) is 12.0. The Kier molecular flexibility index (Phi) is 4.12. The minimum Gasteiger partial charge on any atom is -0.370 e. The van der Waals surface area contributed by atoms with Crippen molar-refractivity contribution in [1.82, 2.24) is 0 Å². The van der Waals surface area contributed by atoms with Crippen LogP contribution in [0.4, 0.5) is 5.69 Å². The van der Waals surface area contributed by atoms with Crippen LogP contribution in [0.5, 0.6) is 0 Å². The number of hydrogen-bond acceptors (Lipinski definition) is 3. The van der Waals surface area contributed by atoms with Gasteiger partial charge in [0.1, 0.15) is 0 Å². The van der Waals surface area contributed by atoms with Gasteiger partial charge in [0.25, 0.3) is 9.05 Å². The molecule has 0 unspecified atom stereocenters. The molecular formula is C14H14ClNO2S. The van der Waals surface area contributed by atoms with Crippen LogP contribution in [0, 0.1) is 0 Å². The minimum atomic E-state index is -3.67. The molecule has 2 rings (SSSR count). The maximum Gasteiger partial charge on any atom is 0.261 e. The van der Waals surface area contributed by atoms with Gasteiger partial charge < -0.3 is 4.90 Å². The van der Waals surface area contributed by atoms with Crippen LogP contribution < -0.4 is 4.90 Å². The fourth-order valence-electron chi connectivity index (χ4n) is 1.84. The van der Waals surface area contributed by atoms with Crippen LogP contribution in [-0.2, 0) is 15.6 Å². The van der Waals surface area contributed by atoms with E-state index in [1.54, 1.807) is 12.1 Å². The van der Waals surface area contributed by atoms with Crippen LogP contribution >= 0.6 is 10.7 Å². The van der Waals surface area contributed by atoms with Crippen molar-refractivity contribution in [2.24, 2.45) is 0 Å². The van der Waals surface area contributed by atoms with Gasteiger partial charge in [0.05, 0.1) is 4.90 Å². The quantitative estimate of drug-likeness (QED) is 0.813. The number of hydrogen-bond donors (Lipinski definition) is 0. The van der Waals surface area contributed by atoms with E-state index >= 15 is 0 Å². The zero-order chi connectivity index (χ0) is 13.9. The first-order valence-corrected chi connectivity index (χ1v) is 8.07. The maximum absolute atomic E-state index is 11.3. The van der Waals surface area contributed by atoms with Crippen LogP contribution in [0.25, 0.3) is 0 Å². The number of halogens is 1. The van der Waals surface area contributed by atoms with Gasteiger partial charge in [-0.2, -0.15) is 0 Å². The highest BCUT2D eigenvalue weighted by molar-refractivity contribution is 8.13. The number of para-hydroxylation sites is 1. The molecule has 0 aromatic heterocycles. The van der Waals surface area contributed by atoms with Gasteiger partial charge >= 0.3 is 0 Å². The number of nitrogens with zero attached hydrogens (tertiary/aromatic N) is 1. The molecule has 0 heterocycles. The lowest BCUT2D eigenvalue weighted by atomic mass is 10.2. The monoisotopic (exact) mass is 295 g/mol. The van der Waals surface area contributed by atoms with Crippen LogP contribution in [0.3, 0.4) is 0 Å². The molecule has 0 radical (unpaired) electrons. The summed E-state index contributed by atoms with van der Waals surface area (Å²) in [6.45, 7) is 0.615. The van der Waals surface area contributed by atoms with Gasteiger partial charge in [-0.25, -0.2) is 8.42 Å². The molecule has 0 atom stereocenters. The molecule has 0 fully saturated rings. The lowest BCUT2D eigenvalue weighted by Crippen LogP contribution is -2.16. The third kappa shape index (κ3) is 3.72. The van der Waals surface area contributed by atoms with Crippen LogP contribution in [0.15, 0.2) is 59.5 Å². The average molecular weight is 296 g/mol. The van der Waals surface area contributed by atoms with Crippen molar-refractivity contribution in [2.45, 2.75) is 11.4 Å². The molecule has 0 saturated heterocycles. The first kappa shape index (κ1) is 13.9. The van der Waals surface area contributed by atoms with Gasteiger partial charge in [0, 0.05) is 30.0 Å². The molecule has 19 heavy (non-hydrogen) atoms. The fraction of sp³-hybridized carbons (Fsp3) is 0.143. The molecule has 2 aromatic rings. The largest absolute Gasteiger partial charge is 0.370 e. The summed E-state index contributed by atoms with van der Waals surface area (Å²) in [5, 5.41) is 0. The number of rotatable bonds is 4. The van der Waals surface area contributed by atoms with Gasteiger partial charge in [-0.05, 0) is 29.8 Å². The standard InChI is InChI=1S/C14H14ClNO2S/c1-16(13-7-3-2-4-8-13)11-12-6-5-9-14(10-12)19(15,17)18/h2-10H,11H2,1H3. The van der Waals surface area contributed by atoms with Gasteiger partial charge in [0.2, 0.25) is 0 Å². The molecular weight excluding hydrogens is 282 g/mol. The summed E-state index contributed by atoms with van der Waals surface area (Å²) in [5.74, 6) is 0. The van der Waals surface area contributed by atoms with Crippen molar-refractivity contribution in [3.8, 4) is 0 Å². The van der Waals surface area contributed by atoms with E-state index in [0.29, 0.717) is 6.54 Å². The average Bonchev–Trinajstić information content (AvgIpc) is 2.39. The third-order valence-corrected chi connectivity index (χ3v) is 4.15. The smallest absolute Gasteiger partial charge is 0.261 e. The zero-order valence-electron chi connectivity index (χ0n) is 10.5. The highest BCUT2D eigenvalue weighted by atomic mass is 35.7. The van der Waals surface area contributed by atoms with E-state index in [0.717, 1.165) is 11.3 Å². The minimum absolute atomic E-state index is 0.133. The van der Waals surface area contributed by atoms with Gasteiger partial charge in [-0.15, -0.1) is 0 Å². The van der Waals surface area contributed by atoms with Crippen molar-refractivity contribution < 1.29 is 8.42 Å². The van der Waals surface area contributed by atoms with E-state index in [9.17, 15) is 8.42 Å². The Balaban J connectivity index is 2.20. The van der Waals surface area contributed by atoms with E-state index in [1.807, 2.05) is 48.3 Å². The first-order chi connectivity index (χ1) is 8.97. The predicted molar refractivity (Wildman–Crippen MR) is 78.0 cm³/mol. The third-order valence-electron chi connectivity index (χ3n) is 2.80. The molecule has 0 saturated carbocycles. The van der Waals surface area contributed by atoms with Crippen molar-refractivity contribution in [3.63, 3.8) is 0 Å². The van der Waals surface area contributed by atoms with E-state index in [-0.39, 0.29) is 4.90 Å². The topological polar surface area (TPSA) is 37.4 Å². The second kappa shape index (κ2) is 5.63. The van der Waals surface area contributed by atoms with E-state index in [1.165, 1.54) is 6.07 Å². The van der Waals surface area contributed by atoms with Gasteiger partial charge in [-0.1, -0.05) is 30.3 Å². The molecule has 2 aromatic carbocycles. The molecule has 0 bridgehead atoms. The SMILES string of the molecule is CN(Cc1cccc(S(=O)(=O)Cl)c1)c1ccccc1. The lowest BCUT2D eigenvalue weighted by Gasteiger charge is -2.19. The summed E-state index contributed by atoms with van der Waals surface area (Å²) in [6.07, 6.45) is 0. The van der Waals surface area contributed by atoms with Gasteiger partial charge in [-0.3, -0.25) is 0 Å². The molecule has 0 aliphatic heterocycles. The first-order valence-electron chi connectivity index (χ1n) is 5.76. The summed E-state index contributed by atoms with van der Waals surface area (Å²) in [7, 11) is 3.63. The second-order valence-corrected chi connectivity index (χ2v) is 6.84. The highest BCUT2D eigenvalue weighted by Gasteiger charge is 2.10. The van der Waals surface area contributed by atoms with Crippen molar-refractivity contribution in [3.05, 3.63) is 60.2 Å². The predicted octanol–water partition coefficient (Wildman–Crippen LogP) is 3.25. The molecule has 5 heteroatoms. The van der Waals surface area contributed by atoms with E-state index in [4.69, 9.17) is 10.7 Å². The Morgan fingerprint density at radius 3 is 2.37 bits per heavy atom. The summed E-state index contributed by atoms with van der Waals surface area (Å²) in [6, 6.07) is 16.6. The Labute approximate surface area is 117 Å².